The molecule has 1 rings (SSSR count). The number of aldehydes is 1. The fourth-order valence-electron chi connectivity index (χ4n) is 1.86. The fraction of sp³-hybridized carbons (Fsp3) is 0.400. The van der Waals surface area contributed by atoms with Crippen LogP contribution in [0.2, 0.25) is 0 Å². The maximum absolute atomic E-state index is 10.8. The van der Waals surface area contributed by atoms with E-state index in [1.807, 2.05) is 25.1 Å². The van der Waals surface area contributed by atoms with Crippen LogP contribution in [-0.4, -0.2) is 18.4 Å². The molecular formula is C15H21NO. The van der Waals surface area contributed by atoms with Crippen molar-refractivity contribution in [3.05, 3.63) is 42.0 Å². The summed E-state index contributed by atoms with van der Waals surface area (Å²) >= 11 is 0. The van der Waals surface area contributed by atoms with E-state index in [2.05, 4.69) is 38.3 Å². The third-order valence-corrected chi connectivity index (χ3v) is 2.81. The lowest BCUT2D eigenvalue weighted by Gasteiger charge is -2.37. The zero-order chi connectivity index (χ0) is 13.1. The predicted octanol–water partition coefficient (Wildman–Crippen LogP) is 3.60. The molecule has 1 aromatic carbocycles. The van der Waals surface area contributed by atoms with Crippen LogP contribution in [0.1, 0.15) is 36.7 Å². The Hall–Kier alpha value is -1.57. The van der Waals surface area contributed by atoms with Crippen LogP contribution in [0.4, 0.5) is 5.69 Å². The molecule has 0 heterocycles. The third-order valence-electron chi connectivity index (χ3n) is 2.81. The van der Waals surface area contributed by atoms with Gasteiger partial charge < -0.3 is 4.90 Å². The molecule has 0 aliphatic rings. The minimum absolute atomic E-state index is 0.0311. The van der Waals surface area contributed by atoms with Gasteiger partial charge in [0.1, 0.15) is 6.29 Å². The quantitative estimate of drug-likeness (QED) is 0.583. The summed E-state index contributed by atoms with van der Waals surface area (Å²) in [5.41, 5.74) is 2.92. The van der Waals surface area contributed by atoms with Crippen LogP contribution in [0.3, 0.4) is 0 Å². The molecule has 0 unspecified atom stereocenters. The molecule has 2 nitrogen and oxygen atoms in total. The highest BCUT2D eigenvalue weighted by Gasteiger charge is 2.20. The van der Waals surface area contributed by atoms with Crippen molar-refractivity contribution in [2.75, 3.05) is 11.4 Å². The van der Waals surface area contributed by atoms with Gasteiger partial charge in [-0.3, -0.25) is 4.79 Å². The predicted molar refractivity (Wildman–Crippen MR) is 73.9 cm³/mol. The van der Waals surface area contributed by atoms with Crippen LogP contribution in [0.5, 0.6) is 0 Å². The Morgan fingerprint density at radius 3 is 2.41 bits per heavy atom. The van der Waals surface area contributed by atoms with E-state index >= 15 is 0 Å². The van der Waals surface area contributed by atoms with Gasteiger partial charge in [-0.15, -0.1) is 6.58 Å². The lowest BCUT2D eigenvalue weighted by atomic mass is 10.0. The monoisotopic (exact) mass is 231 g/mol. The van der Waals surface area contributed by atoms with E-state index in [1.165, 1.54) is 0 Å². The van der Waals surface area contributed by atoms with Gasteiger partial charge in [0.2, 0.25) is 0 Å². The van der Waals surface area contributed by atoms with E-state index in [-0.39, 0.29) is 5.54 Å². The zero-order valence-corrected chi connectivity index (χ0v) is 11.2. The first-order valence-corrected chi connectivity index (χ1v) is 5.84. The van der Waals surface area contributed by atoms with Crippen molar-refractivity contribution in [3.8, 4) is 0 Å². The van der Waals surface area contributed by atoms with Gasteiger partial charge >= 0.3 is 0 Å². The summed E-state index contributed by atoms with van der Waals surface area (Å²) in [7, 11) is 0. The second kappa shape index (κ2) is 5.17. The average Bonchev–Trinajstić information content (AvgIpc) is 2.24. The lowest BCUT2D eigenvalue weighted by Crippen LogP contribution is -2.41. The maximum atomic E-state index is 10.8. The van der Waals surface area contributed by atoms with Crippen LogP contribution < -0.4 is 4.90 Å². The molecule has 0 atom stereocenters. The maximum Gasteiger partial charge on any atom is 0.150 e. The van der Waals surface area contributed by atoms with E-state index in [0.717, 1.165) is 29.6 Å². The molecule has 2 heteroatoms. The number of aryl methyl sites for hydroxylation is 1. The largest absolute Gasteiger partial charge is 0.363 e. The highest BCUT2D eigenvalue weighted by Crippen LogP contribution is 2.25. The Bertz CT molecular complexity index is 415. The minimum Gasteiger partial charge on any atom is -0.363 e. The van der Waals surface area contributed by atoms with Gasteiger partial charge in [0.15, 0.2) is 0 Å². The molecule has 0 fully saturated rings. The van der Waals surface area contributed by atoms with Gasteiger partial charge in [0.25, 0.3) is 0 Å². The Kier molecular flexibility index (Phi) is 4.11. The summed E-state index contributed by atoms with van der Waals surface area (Å²) in [6, 6.07) is 5.92. The summed E-state index contributed by atoms with van der Waals surface area (Å²) < 4.78 is 0. The average molecular weight is 231 g/mol. The van der Waals surface area contributed by atoms with Crippen molar-refractivity contribution < 1.29 is 4.79 Å². The van der Waals surface area contributed by atoms with Crippen molar-refractivity contribution in [2.45, 2.75) is 33.2 Å². The molecular weight excluding hydrogens is 210 g/mol. The Balaban J connectivity index is 3.15. The van der Waals surface area contributed by atoms with Gasteiger partial charge in [-0.1, -0.05) is 6.08 Å². The number of benzene rings is 1. The van der Waals surface area contributed by atoms with Crippen LogP contribution in [-0.2, 0) is 0 Å². The lowest BCUT2D eigenvalue weighted by molar-refractivity contribution is 0.112. The van der Waals surface area contributed by atoms with E-state index in [1.54, 1.807) is 0 Å². The number of hydrogen-bond donors (Lipinski definition) is 0. The SMILES string of the molecule is C=CCN(c1ccc(C=O)c(C)c1)C(C)(C)C. The number of carbonyl (C=O) groups excluding carboxylic acids is 1. The van der Waals surface area contributed by atoms with Gasteiger partial charge in [0, 0.05) is 23.3 Å². The van der Waals surface area contributed by atoms with E-state index in [0.29, 0.717) is 0 Å². The number of nitrogens with zero attached hydrogens (tertiary/aromatic N) is 1. The first-order valence-electron chi connectivity index (χ1n) is 5.84. The zero-order valence-electron chi connectivity index (χ0n) is 11.2. The first kappa shape index (κ1) is 13.5. The van der Waals surface area contributed by atoms with E-state index in [4.69, 9.17) is 0 Å². The van der Waals surface area contributed by atoms with E-state index in [9.17, 15) is 4.79 Å². The number of anilines is 1. The number of rotatable bonds is 4. The second-order valence-electron chi connectivity index (χ2n) is 5.23. The number of carbonyl (C=O) groups is 1. The summed E-state index contributed by atoms with van der Waals surface area (Å²) in [6.07, 6.45) is 2.79. The second-order valence-corrected chi connectivity index (χ2v) is 5.23. The molecule has 0 aliphatic carbocycles. The molecule has 0 saturated heterocycles. The van der Waals surface area contributed by atoms with Crippen molar-refractivity contribution in [2.24, 2.45) is 0 Å². The van der Waals surface area contributed by atoms with Crippen molar-refractivity contribution >= 4 is 12.0 Å². The molecule has 0 amide bonds. The first-order chi connectivity index (χ1) is 7.90. The minimum atomic E-state index is 0.0311. The molecule has 92 valence electrons. The van der Waals surface area contributed by atoms with Crippen LogP contribution >= 0.6 is 0 Å². The summed E-state index contributed by atoms with van der Waals surface area (Å²) in [5, 5.41) is 0. The number of hydrogen-bond acceptors (Lipinski definition) is 2. The van der Waals surface area contributed by atoms with Crippen molar-refractivity contribution in [1.29, 1.82) is 0 Å². The van der Waals surface area contributed by atoms with Crippen LogP contribution in [0.15, 0.2) is 30.9 Å². The molecule has 0 bridgehead atoms. The molecule has 0 spiro atoms. The van der Waals surface area contributed by atoms with Gasteiger partial charge in [0.05, 0.1) is 0 Å². The highest BCUT2D eigenvalue weighted by atomic mass is 16.1. The van der Waals surface area contributed by atoms with Gasteiger partial charge in [-0.25, -0.2) is 0 Å². The Labute approximate surface area is 104 Å². The highest BCUT2D eigenvalue weighted by molar-refractivity contribution is 5.78. The molecule has 0 N–H and O–H groups in total. The van der Waals surface area contributed by atoms with E-state index < -0.39 is 0 Å². The standard InChI is InChI=1S/C15H21NO/c1-6-9-16(15(3,4)5)14-8-7-13(11-17)12(2)10-14/h6-8,10-11H,1,9H2,2-5H3. The smallest absolute Gasteiger partial charge is 0.150 e. The molecule has 0 aliphatic heterocycles. The Morgan fingerprint density at radius 2 is 2.00 bits per heavy atom. The molecule has 0 radical (unpaired) electrons. The normalized spacial score (nSPS) is 11.1. The van der Waals surface area contributed by atoms with Crippen LogP contribution in [0, 0.1) is 6.92 Å². The summed E-state index contributed by atoms with van der Waals surface area (Å²) in [6.45, 7) is 13.1. The van der Waals surface area contributed by atoms with Crippen LogP contribution in [0.25, 0.3) is 0 Å². The van der Waals surface area contributed by atoms with Gasteiger partial charge in [-0.2, -0.15) is 0 Å². The molecule has 0 aromatic heterocycles. The molecule has 0 saturated carbocycles. The third kappa shape index (κ3) is 3.19. The van der Waals surface area contributed by atoms with Gasteiger partial charge in [-0.05, 0) is 51.5 Å². The molecule has 1 aromatic rings. The Morgan fingerprint density at radius 1 is 1.35 bits per heavy atom. The van der Waals surface area contributed by atoms with Crippen molar-refractivity contribution in [1.82, 2.24) is 0 Å². The summed E-state index contributed by atoms with van der Waals surface area (Å²) in [4.78, 5) is 13.1. The molecule has 17 heavy (non-hydrogen) atoms. The van der Waals surface area contributed by atoms with Crippen molar-refractivity contribution in [3.63, 3.8) is 0 Å². The topological polar surface area (TPSA) is 20.3 Å². The summed E-state index contributed by atoms with van der Waals surface area (Å²) in [5.74, 6) is 0. The fourth-order valence-corrected chi connectivity index (χ4v) is 1.86.